The molecular formula is C24H25Cl2N3O3. The summed E-state index contributed by atoms with van der Waals surface area (Å²) in [6.07, 6.45) is 4.54. The molecule has 1 fully saturated rings. The predicted molar refractivity (Wildman–Crippen MR) is 124 cm³/mol. The van der Waals surface area contributed by atoms with Gasteiger partial charge in [0, 0.05) is 15.6 Å². The summed E-state index contributed by atoms with van der Waals surface area (Å²) in [5.41, 5.74) is 2.77. The fourth-order valence-electron chi connectivity index (χ4n) is 4.45. The molecule has 1 aliphatic carbocycles. The van der Waals surface area contributed by atoms with Crippen LogP contribution in [0.1, 0.15) is 55.0 Å². The highest BCUT2D eigenvalue weighted by Gasteiger charge is 2.50. The second-order valence-electron chi connectivity index (χ2n) is 8.60. The highest BCUT2D eigenvalue weighted by Crippen LogP contribution is 2.35. The molecular weight excluding hydrogens is 449 g/mol. The lowest BCUT2D eigenvalue weighted by Gasteiger charge is -2.24. The smallest absolute Gasteiger partial charge is 0.325 e. The zero-order valence-corrected chi connectivity index (χ0v) is 19.5. The number of nitrogens with one attached hydrogen (secondary N) is 2. The van der Waals surface area contributed by atoms with Crippen LogP contribution in [0.4, 0.5) is 4.79 Å². The van der Waals surface area contributed by atoms with Crippen LogP contribution in [0.3, 0.4) is 0 Å². The number of aryl methyl sites for hydroxylation is 2. The van der Waals surface area contributed by atoms with Crippen molar-refractivity contribution in [2.75, 3.05) is 6.54 Å². The topological polar surface area (TPSA) is 78.5 Å². The number of nitrogens with zero attached hydrogens (tertiary/aromatic N) is 1. The molecule has 2 aliphatic rings. The maximum atomic E-state index is 13.1. The van der Waals surface area contributed by atoms with Crippen LogP contribution in [0.5, 0.6) is 0 Å². The van der Waals surface area contributed by atoms with Crippen LogP contribution in [-0.2, 0) is 28.0 Å². The van der Waals surface area contributed by atoms with Gasteiger partial charge in [-0.1, -0.05) is 47.5 Å². The molecule has 1 saturated heterocycles. The lowest BCUT2D eigenvalue weighted by atomic mass is 9.89. The zero-order chi connectivity index (χ0) is 23.0. The van der Waals surface area contributed by atoms with Crippen LogP contribution in [0.15, 0.2) is 36.4 Å². The Balaban J connectivity index is 1.45. The first-order valence-corrected chi connectivity index (χ1v) is 11.5. The number of urea groups is 1. The molecule has 0 saturated carbocycles. The lowest BCUT2D eigenvalue weighted by Crippen LogP contribution is -2.43. The third-order valence-electron chi connectivity index (χ3n) is 6.30. The Morgan fingerprint density at radius 2 is 1.84 bits per heavy atom. The standard InChI is InChI=1S/C24H25Cl2N3O3/c1-14(16-8-7-15-5-3-4-6-17(15)11-16)27-21(30)13-29-22(31)24(2,28-23(29)32)19-10-9-18(25)12-20(19)26/h7-12,14H,3-6,13H2,1-2H3,(H,27,30)(H,28,32)/t14-,24+/m1/s1. The molecule has 0 radical (unpaired) electrons. The highest BCUT2D eigenvalue weighted by molar-refractivity contribution is 6.35. The largest absolute Gasteiger partial charge is 0.348 e. The molecule has 0 spiro atoms. The summed E-state index contributed by atoms with van der Waals surface area (Å²) in [6, 6.07) is 10.1. The van der Waals surface area contributed by atoms with Crippen LogP contribution < -0.4 is 10.6 Å². The van der Waals surface area contributed by atoms with E-state index in [4.69, 9.17) is 23.2 Å². The first-order chi connectivity index (χ1) is 15.2. The minimum absolute atomic E-state index is 0.243. The van der Waals surface area contributed by atoms with Gasteiger partial charge in [-0.05, 0) is 68.4 Å². The number of benzene rings is 2. The van der Waals surface area contributed by atoms with Crippen LogP contribution in [0.2, 0.25) is 10.0 Å². The van der Waals surface area contributed by atoms with Gasteiger partial charge in [0.15, 0.2) is 0 Å². The van der Waals surface area contributed by atoms with Gasteiger partial charge in [-0.2, -0.15) is 0 Å². The van der Waals surface area contributed by atoms with Gasteiger partial charge in [-0.3, -0.25) is 14.5 Å². The van der Waals surface area contributed by atoms with Gasteiger partial charge in [0.2, 0.25) is 5.91 Å². The number of amides is 4. The van der Waals surface area contributed by atoms with Gasteiger partial charge in [-0.25, -0.2) is 4.79 Å². The summed E-state index contributed by atoms with van der Waals surface area (Å²) in [7, 11) is 0. The highest BCUT2D eigenvalue weighted by atomic mass is 35.5. The molecule has 6 nitrogen and oxygen atoms in total. The van der Waals surface area contributed by atoms with Gasteiger partial charge >= 0.3 is 6.03 Å². The summed E-state index contributed by atoms with van der Waals surface area (Å²) >= 11 is 12.2. The Hall–Kier alpha value is -2.57. The molecule has 4 rings (SSSR count). The number of rotatable bonds is 5. The molecule has 1 heterocycles. The zero-order valence-electron chi connectivity index (χ0n) is 18.0. The molecule has 0 aromatic heterocycles. The van der Waals surface area contributed by atoms with E-state index in [-0.39, 0.29) is 17.6 Å². The summed E-state index contributed by atoms with van der Waals surface area (Å²) in [5, 5.41) is 6.25. The average molecular weight is 474 g/mol. The Morgan fingerprint density at radius 3 is 2.56 bits per heavy atom. The van der Waals surface area contributed by atoms with Crippen LogP contribution in [0.25, 0.3) is 0 Å². The Morgan fingerprint density at radius 1 is 1.12 bits per heavy atom. The number of fused-ring (bicyclic) bond motifs is 1. The van der Waals surface area contributed by atoms with E-state index in [2.05, 4.69) is 22.8 Å². The van der Waals surface area contributed by atoms with E-state index in [1.807, 2.05) is 13.0 Å². The second-order valence-corrected chi connectivity index (χ2v) is 9.44. The van der Waals surface area contributed by atoms with E-state index < -0.39 is 23.4 Å². The second kappa shape index (κ2) is 8.75. The summed E-state index contributed by atoms with van der Waals surface area (Å²) < 4.78 is 0. The lowest BCUT2D eigenvalue weighted by molar-refractivity contribution is -0.135. The molecule has 168 valence electrons. The van der Waals surface area contributed by atoms with E-state index in [1.54, 1.807) is 19.1 Å². The SMILES string of the molecule is C[C@@H](NC(=O)CN1C(=O)N[C@@](C)(c2ccc(Cl)cc2Cl)C1=O)c1ccc2c(c1)CCCC2. The van der Waals surface area contributed by atoms with Crippen molar-refractivity contribution >= 4 is 41.0 Å². The molecule has 32 heavy (non-hydrogen) atoms. The van der Waals surface area contributed by atoms with Gasteiger partial charge in [0.1, 0.15) is 12.1 Å². The van der Waals surface area contributed by atoms with E-state index >= 15 is 0 Å². The Labute approximate surface area is 197 Å². The monoisotopic (exact) mass is 473 g/mol. The van der Waals surface area contributed by atoms with Gasteiger partial charge in [0.05, 0.1) is 6.04 Å². The van der Waals surface area contributed by atoms with Crippen molar-refractivity contribution in [1.29, 1.82) is 0 Å². The fourth-order valence-corrected chi connectivity index (χ4v) is 5.05. The molecule has 2 aromatic carbocycles. The third kappa shape index (κ3) is 4.21. The number of carbonyl (C=O) groups is 3. The molecule has 4 amide bonds. The van der Waals surface area contributed by atoms with Crippen molar-refractivity contribution in [1.82, 2.24) is 15.5 Å². The average Bonchev–Trinajstić information content (AvgIpc) is 2.96. The van der Waals surface area contributed by atoms with Gasteiger partial charge < -0.3 is 10.6 Å². The van der Waals surface area contributed by atoms with E-state index in [0.717, 1.165) is 23.3 Å². The van der Waals surface area contributed by atoms with E-state index in [1.165, 1.54) is 30.0 Å². The first kappa shape index (κ1) is 22.6. The molecule has 0 bridgehead atoms. The van der Waals surface area contributed by atoms with Crippen LogP contribution >= 0.6 is 23.2 Å². The number of halogens is 2. The van der Waals surface area contributed by atoms with Crippen molar-refractivity contribution in [3.05, 3.63) is 68.7 Å². The van der Waals surface area contributed by atoms with E-state index in [0.29, 0.717) is 10.6 Å². The minimum atomic E-state index is -1.37. The molecule has 2 N–H and O–H groups in total. The summed E-state index contributed by atoms with van der Waals surface area (Å²) in [6.45, 7) is 3.09. The van der Waals surface area contributed by atoms with Crippen molar-refractivity contribution < 1.29 is 14.4 Å². The van der Waals surface area contributed by atoms with Crippen LogP contribution in [-0.4, -0.2) is 29.3 Å². The third-order valence-corrected chi connectivity index (χ3v) is 6.84. The first-order valence-electron chi connectivity index (χ1n) is 10.7. The predicted octanol–water partition coefficient (Wildman–Crippen LogP) is 4.52. The van der Waals surface area contributed by atoms with Gasteiger partial charge in [-0.15, -0.1) is 0 Å². The maximum Gasteiger partial charge on any atom is 0.325 e. The molecule has 2 aromatic rings. The quantitative estimate of drug-likeness (QED) is 0.626. The minimum Gasteiger partial charge on any atom is -0.348 e. The molecule has 8 heteroatoms. The van der Waals surface area contributed by atoms with Crippen molar-refractivity contribution in [2.45, 2.75) is 51.1 Å². The fraction of sp³-hybridized carbons (Fsp3) is 0.375. The molecule has 0 unspecified atom stereocenters. The van der Waals surface area contributed by atoms with E-state index in [9.17, 15) is 14.4 Å². The van der Waals surface area contributed by atoms with Crippen LogP contribution in [0, 0.1) is 0 Å². The maximum absolute atomic E-state index is 13.1. The van der Waals surface area contributed by atoms with Crippen molar-refractivity contribution in [3.8, 4) is 0 Å². The van der Waals surface area contributed by atoms with Crippen molar-refractivity contribution in [3.63, 3.8) is 0 Å². The number of hydrogen-bond acceptors (Lipinski definition) is 3. The molecule has 2 atom stereocenters. The van der Waals surface area contributed by atoms with Crippen molar-refractivity contribution in [2.24, 2.45) is 0 Å². The Kier molecular flexibility index (Phi) is 6.19. The summed E-state index contributed by atoms with van der Waals surface area (Å²) in [5.74, 6) is -0.950. The number of imide groups is 1. The number of hydrogen-bond donors (Lipinski definition) is 2. The number of carbonyl (C=O) groups excluding carboxylic acids is 3. The normalized spacial score (nSPS) is 21.2. The summed E-state index contributed by atoms with van der Waals surface area (Å²) in [4.78, 5) is 39.3. The molecule has 1 aliphatic heterocycles. The Bertz CT molecular complexity index is 1100. The van der Waals surface area contributed by atoms with Gasteiger partial charge in [0.25, 0.3) is 5.91 Å².